The second kappa shape index (κ2) is 9.23. The number of anilines is 1. The van der Waals surface area contributed by atoms with Gasteiger partial charge in [0.05, 0.1) is 10.5 Å². The number of aromatic nitrogens is 1. The average molecular weight is 420 g/mol. The highest BCUT2D eigenvalue weighted by molar-refractivity contribution is 7.89. The molecule has 1 fully saturated rings. The minimum absolute atomic E-state index is 0.202. The largest absolute Gasteiger partial charge is 0.452 e. The van der Waals surface area contributed by atoms with Crippen molar-refractivity contribution in [1.82, 2.24) is 8.87 Å². The van der Waals surface area contributed by atoms with E-state index in [0.29, 0.717) is 24.3 Å². The number of hydrogen-bond acceptors (Lipinski definition) is 5. The lowest BCUT2D eigenvalue weighted by Crippen LogP contribution is -2.31. The summed E-state index contributed by atoms with van der Waals surface area (Å²) in [5.74, 6) is -1.09. The molecule has 0 radical (unpaired) electrons. The van der Waals surface area contributed by atoms with E-state index in [9.17, 15) is 18.0 Å². The molecule has 156 valence electrons. The van der Waals surface area contributed by atoms with Crippen molar-refractivity contribution in [3.05, 3.63) is 48.3 Å². The first-order chi connectivity index (χ1) is 13.9. The third-order valence-electron chi connectivity index (χ3n) is 4.74. The Bertz CT molecular complexity index is 958. The van der Waals surface area contributed by atoms with Gasteiger partial charge in [0.1, 0.15) is 0 Å². The summed E-state index contributed by atoms with van der Waals surface area (Å²) in [4.78, 5) is 24.1. The number of aryl methyl sites for hydroxylation is 1. The highest BCUT2D eigenvalue weighted by Crippen LogP contribution is 2.21. The van der Waals surface area contributed by atoms with Crippen molar-refractivity contribution in [2.45, 2.75) is 30.6 Å². The molecule has 0 unspecified atom stereocenters. The third-order valence-corrected chi connectivity index (χ3v) is 6.66. The molecule has 8 nitrogen and oxygen atoms in total. The van der Waals surface area contributed by atoms with E-state index in [2.05, 4.69) is 5.32 Å². The van der Waals surface area contributed by atoms with E-state index >= 15 is 0 Å². The number of hydrogen-bond donors (Lipinski definition) is 1. The van der Waals surface area contributed by atoms with E-state index in [1.54, 1.807) is 30.1 Å². The second-order valence-corrected chi connectivity index (χ2v) is 8.97. The Hall–Kier alpha value is -2.65. The van der Waals surface area contributed by atoms with Crippen LogP contribution in [0.4, 0.5) is 5.69 Å². The molecule has 1 aliphatic heterocycles. The number of ether oxygens (including phenoxy) is 1. The van der Waals surface area contributed by atoms with Gasteiger partial charge in [0.2, 0.25) is 10.0 Å². The van der Waals surface area contributed by atoms with Gasteiger partial charge in [0, 0.05) is 38.2 Å². The van der Waals surface area contributed by atoms with Gasteiger partial charge >= 0.3 is 5.97 Å². The molecule has 1 aromatic heterocycles. The fourth-order valence-corrected chi connectivity index (χ4v) is 4.69. The molecule has 9 heteroatoms. The number of amides is 1. The SMILES string of the molecule is Cn1ccc(C(=O)OCC(=O)Nc2ccc(S(=O)(=O)N3CCCCCC3)cc2)c1. The molecule has 0 bridgehead atoms. The van der Waals surface area contributed by atoms with Gasteiger partial charge in [-0.25, -0.2) is 13.2 Å². The van der Waals surface area contributed by atoms with Crippen LogP contribution in [0.15, 0.2) is 47.6 Å². The van der Waals surface area contributed by atoms with Gasteiger partial charge in [-0.3, -0.25) is 4.79 Å². The minimum atomic E-state index is -3.53. The molecule has 1 amide bonds. The van der Waals surface area contributed by atoms with Crippen LogP contribution in [-0.4, -0.2) is 48.9 Å². The molecular formula is C20H25N3O5S. The van der Waals surface area contributed by atoms with E-state index in [1.165, 1.54) is 28.6 Å². The van der Waals surface area contributed by atoms with Crippen LogP contribution in [0.2, 0.25) is 0 Å². The Labute approximate surface area is 170 Å². The van der Waals surface area contributed by atoms with Crippen molar-refractivity contribution < 1.29 is 22.7 Å². The number of sulfonamides is 1. The van der Waals surface area contributed by atoms with Crippen molar-refractivity contribution in [1.29, 1.82) is 0 Å². The fourth-order valence-electron chi connectivity index (χ4n) is 3.18. The number of carbonyl (C=O) groups is 2. The number of rotatable bonds is 6. The highest BCUT2D eigenvalue weighted by Gasteiger charge is 2.25. The van der Waals surface area contributed by atoms with Gasteiger partial charge in [-0.05, 0) is 43.2 Å². The first-order valence-corrected chi connectivity index (χ1v) is 11.0. The molecule has 1 saturated heterocycles. The van der Waals surface area contributed by atoms with E-state index in [4.69, 9.17) is 4.74 Å². The monoisotopic (exact) mass is 419 g/mol. The van der Waals surface area contributed by atoms with Gasteiger partial charge in [-0.2, -0.15) is 4.31 Å². The van der Waals surface area contributed by atoms with Crippen molar-refractivity contribution in [3.63, 3.8) is 0 Å². The fraction of sp³-hybridized carbons (Fsp3) is 0.400. The van der Waals surface area contributed by atoms with Crippen molar-refractivity contribution in [3.8, 4) is 0 Å². The molecule has 29 heavy (non-hydrogen) atoms. The maximum absolute atomic E-state index is 12.8. The van der Waals surface area contributed by atoms with Crippen LogP contribution in [0, 0.1) is 0 Å². The Morgan fingerprint density at radius 1 is 1.03 bits per heavy atom. The quantitative estimate of drug-likeness (QED) is 0.725. The van der Waals surface area contributed by atoms with E-state index in [1.807, 2.05) is 0 Å². The van der Waals surface area contributed by atoms with Crippen LogP contribution in [0.3, 0.4) is 0 Å². The van der Waals surface area contributed by atoms with E-state index < -0.39 is 28.5 Å². The standard InChI is InChI=1S/C20H25N3O5S/c1-22-13-10-16(14-22)20(25)28-15-19(24)21-17-6-8-18(9-7-17)29(26,27)23-11-4-2-3-5-12-23/h6-10,13-14H,2-5,11-12,15H2,1H3,(H,21,24). The molecule has 0 atom stereocenters. The zero-order chi connectivity index (χ0) is 20.9. The maximum atomic E-state index is 12.8. The summed E-state index contributed by atoms with van der Waals surface area (Å²) in [6.45, 7) is 0.642. The predicted molar refractivity (Wildman–Crippen MR) is 108 cm³/mol. The van der Waals surface area contributed by atoms with Crippen LogP contribution in [0.1, 0.15) is 36.0 Å². The molecule has 3 rings (SSSR count). The molecule has 0 aliphatic carbocycles. The second-order valence-electron chi connectivity index (χ2n) is 7.03. The summed E-state index contributed by atoms with van der Waals surface area (Å²) >= 11 is 0. The highest BCUT2D eigenvalue weighted by atomic mass is 32.2. The van der Waals surface area contributed by atoms with Crippen LogP contribution in [-0.2, 0) is 26.6 Å². The van der Waals surface area contributed by atoms with Gasteiger partial charge in [0.25, 0.3) is 5.91 Å². The maximum Gasteiger partial charge on any atom is 0.340 e. The number of esters is 1. The Kier molecular flexibility index (Phi) is 6.71. The van der Waals surface area contributed by atoms with Gasteiger partial charge in [-0.15, -0.1) is 0 Å². The van der Waals surface area contributed by atoms with Crippen LogP contribution < -0.4 is 5.32 Å². The van der Waals surface area contributed by atoms with Crippen LogP contribution >= 0.6 is 0 Å². The van der Waals surface area contributed by atoms with Crippen molar-refractivity contribution >= 4 is 27.6 Å². The zero-order valence-corrected chi connectivity index (χ0v) is 17.2. The molecule has 1 aliphatic rings. The predicted octanol–water partition coefficient (Wildman–Crippen LogP) is 2.39. The smallest absolute Gasteiger partial charge is 0.340 e. The minimum Gasteiger partial charge on any atom is -0.452 e. The number of benzene rings is 1. The molecule has 0 saturated carbocycles. The van der Waals surface area contributed by atoms with Gasteiger partial charge in [-0.1, -0.05) is 12.8 Å². The lowest BCUT2D eigenvalue weighted by molar-refractivity contribution is -0.119. The van der Waals surface area contributed by atoms with E-state index in [-0.39, 0.29) is 4.90 Å². The number of nitrogens with zero attached hydrogens (tertiary/aromatic N) is 2. The van der Waals surface area contributed by atoms with Gasteiger partial charge < -0.3 is 14.6 Å². The Morgan fingerprint density at radius 2 is 1.69 bits per heavy atom. The molecule has 2 aromatic rings. The number of nitrogens with one attached hydrogen (secondary N) is 1. The van der Waals surface area contributed by atoms with Crippen molar-refractivity contribution in [2.24, 2.45) is 7.05 Å². The Balaban J connectivity index is 1.55. The van der Waals surface area contributed by atoms with Crippen LogP contribution in [0.25, 0.3) is 0 Å². The summed E-state index contributed by atoms with van der Waals surface area (Å²) in [5.41, 5.74) is 0.795. The lowest BCUT2D eigenvalue weighted by atomic mass is 10.2. The molecular weight excluding hydrogens is 394 g/mol. The molecule has 0 spiro atoms. The average Bonchev–Trinajstić information content (AvgIpc) is 2.95. The first-order valence-electron chi connectivity index (χ1n) is 9.55. The summed E-state index contributed by atoms with van der Waals surface area (Å²) in [5, 5.41) is 2.59. The Morgan fingerprint density at radius 3 is 2.28 bits per heavy atom. The first kappa shape index (κ1) is 21.1. The number of carbonyl (C=O) groups excluding carboxylic acids is 2. The van der Waals surface area contributed by atoms with Crippen LogP contribution in [0.5, 0.6) is 0 Å². The van der Waals surface area contributed by atoms with E-state index in [0.717, 1.165) is 25.7 Å². The zero-order valence-electron chi connectivity index (χ0n) is 16.3. The summed E-state index contributed by atoms with van der Waals surface area (Å²) in [6.07, 6.45) is 7.14. The third kappa shape index (κ3) is 5.45. The molecule has 1 aromatic carbocycles. The van der Waals surface area contributed by atoms with Gasteiger partial charge in [0.15, 0.2) is 6.61 Å². The topological polar surface area (TPSA) is 97.7 Å². The summed E-state index contributed by atoms with van der Waals surface area (Å²) < 4.78 is 33.7. The molecule has 2 heterocycles. The lowest BCUT2D eigenvalue weighted by Gasteiger charge is -2.20. The summed E-state index contributed by atoms with van der Waals surface area (Å²) in [7, 11) is -1.75. The van der Waals surface area contributed by atoms with Crippen molar-refractivity contribution in [2.75, 3.05) is 25.0 Å². The summed E-state index contributed by atoms with van der Waals surface area (Å²) in [6, 6.07) is 7.62. The normalized spacial score (nSPS) is 15.5. The molecule has 1 N–H and O–H groups in total.